The van der Waals surface area contributed by atoms with Gasteiger partial charge in [0.05, 0.1) is 14.2 Å². The third-order valence-electron chi connectivity index (χ3n) is 2.31. The number of rotatable bonds is 2. The van der Waals surface area contributed by atoms with Gasteiger partial charge in [-0.3, -0.25) is 9.98 Å². The second-order valence-corrected chi connectivity index (χ2v) is 3.39. The molecule has 0 radical (unpaired) electrons. The highest BCUT2D eigenvalue weighted by atomic mass is 16.5. The summed E-state index contributed by atoms with van der Waals surface area (Å²) in [5.41, 5.74) is 0.903. The standard InChI is InChI=1S/C10H14N2O4/c1-5-7(9(13)15-3)12-6(2)8(11-5)10(14)16-4/h7-8H,1-4H3. The molecular formula is C10H14N2O4. The van der Waals surface area contributed by atoms with Crippen molar-refractivity contribution in [3.8, 4) is 0 Å². The van der Waals surface area contributed by atoms with Crippen LogP contribution in [0.4, 0.5) is 0 Å². The first-order chi connectivity index (χ1) is 7.51. The number of esters is 2. The zero-order chi connectivity index (χ0) is 12.3. The van der Waals surface area contributed by atoms with Crippen LogP contribution in [-0.4, -0.2) is 49.7 Å². The van der Waals surface area contributed by atoms with Crippen LogP contribution in [0.15, 0.2) is 9.98 Å². The molecule has 6 heteroatoms. The monoisotopic (exact) mass is 226 g/mol. The topological polar surface area (TPSA) is 77.3 Å². The van der Waals surface area contributed by atoms with Crippen molar-refractivity contribution in [1.82, 2.24) is 0 Å². The van der Waals surface area contributed by atoms with Gasteiger partial charge in [-0.2, -0.15) is 0 Å². The van der Waals surface area contributed by atoms with E-state index >= 15 is 0 Å². The Hall–Kier alpha value is -1.72. The Morgan fingerprint density at radius 1 is 0.938 bits per heavy atom. The number of ether oxygens (including phenoxy) is 2. The van der Waals surface area contributed by atoms with Gasteiger partial charge in [-0.15, -0.1) is 0 Å². The molecule has 0 amide bonds. The lowest BCUT2D eigenvalue weighted by Gasteiger charge is -2.20. The predicted octanol–water partition coefficient (Wildman–Crippen LogP) is 0.00500. The molecule has 0 aromatic carbocycles. The molecule has 0 N–H and O–H groups in total. The van der Waals surface area contributed by atoms with Gasteiger partial charge in [-0.25, -0.2) is 9.59 Å². The van der Waals surface area contributed by atoms with Crippen LogP contribution in [0.25, 0.3) is 0 Å². The van der Waals surface area contributed by atoms with Gasteiger partial charge in [0.1, 0.15) is 0 Å². The predicted molar refractivity (Wildman–Crippen MR) is 57.8 cm³/mol. The summed E-state index contributed by atoms with van der Waals surface area (Å²) in [5, 5.41) is 0. The van der Waals surface area contributed by atoms with E-state index in [0.29, 0.717) is 11.4 Å². The van der Waals surface area contributed by atoms with Crippen molar-refractivity contribution in [2.45, 2.75) is 25.9 Å². The maximum atomic E-state index is 11.3. The lowest BCUT2D eigenvalue weighted by atomic mass is 10.1. The van der Waals surface area contributed by atoms with E-state index in [-0.39, 0.29) is 0 Å². The van der Waals surface area contributed by atoms with E-state index in [4.69, 9.17) is 0 Å². The Kier molecular flexibility index (Phi) is 3.76. The van der Waals surface area contributed by atoms with Crippen molar-refractivity contribution >= 4 is 23.4 Å². The fourth-order valence-corrected chi connectivity index (χ4v) is 1.41. The molecule has 0 spiro atoms. The molecule has 0 saturated heterocycles. The first-order valence-corrected chi connectivity index (χ1v) is 4.75. The second kappa shape index (κ2) is 4.87. The van der Waals surface area contributed by atoms with E-state index in [1.807, 2.05) is 0 Å². The Labute approximate surface area is 93.4 Å². The molecule has 0 aromatic rings. The third-order valence-corrected chi connectivity index (χ3v) is 2.31. The molecule has 1 heterocycles. The summed E-state index contributed by atoms with van der Waals surface area (Å²) in [6.45, 7) is 3.26. The van der Waals surface area contributed by atoms with Gasteiger partial charge in [0.15, 0.2) is 12.1 Å². The van der Waals surface area contributed by atoms with Gasteiger partial charge < -0.3 is 9.47 Å². The van der Waals surface area contributed by atoms with E-state index in [1.165, 1.54) is 14.2 Å². The van der Waals surface area contributed by atoms with Gasteiger partial charge in [0, 0.05) is 11.4 Å². The lowest BCUT2D eigenvalue weighted by Crippen LogP contribution is -2.39. The zero-order valence-corrected chi connectivity index (χ0v) is 9.68. The summed E-state index contributed by atoms with van der Waals surface area (Å²) < 4.78 is 9.17. The fourth-order valence-electron chi connectivity index (χ4n) is 1.41. The number of hydrogen-bond acceptors (Lipinski definition) is 6. The SMILES string of the molecule is COC(=O)C1N=C(C)C(C(=O)OC)N=C1C. The average Bonchev–Trinajstić information content (AvgIpc) is 2.29. The Morgan fingerprint density at radius 3 is 1.50 bits per heavy atom. The highest BCUT2D eigenvalue weighted by molar-refractivity contribution is 6.15. The van der Waals surface area contributed by atoms with Crippen molar-refractivity contribution in [2.75, 3.05) is 14.2 Å². The Bertz CT molecular complexity index is 337. The van der Waals surface area contributed by atoms with Crippen LogP contribution in [0.1, 0.15) is 13.8 Å². The third kappa shape index (κ3) is 2.26. The summed E-state index contributed by atoms with van der Waals surface area (Å²) >= 11 is 0. The van der Waals surface area contributed by atoms with Gasteiger partial charge in [0.2, 0.25) is 0 Å². The summed E-state index contributed by atoms with van der Waals surface area (Å²) in [6, 6.07) is -1.49. The van der Waals surface area contributed by atoms with Gasteiger partial charge in [0.25, 0.3) is 0 Å². The maximum Gasteiger partial charge on any atom is 0.336 e. The van der Waals surface area contributed by atoms with Crippen molar-refractivity contribution < 1.29 is 19.1 Å². The smallest absolute Gasteiger partial charge is 0.336 e. The van der Waals surface area contributed by atoms with Gasteiger partial charge in [-0.1, -0.05) is 0 Å². The minimum Gasteiger partial charge on any atom is -0.467 e. The van der Waals surface area contributed by atoms with Crippen LogP contribution in [-0.2, 0) is 19.1 Å². The Morgan fingerprint density at radius 2 is 1.25 bits per heavy atom. The van der Waals surface area contributed by atoms with E-state index in [9.17, 15) is 9.59 Å². The normalized spacial score (nSPS) is 24.2. The first-order valence-electron chi connectivity index (χ1n) is 4.75. The molecular weight excluding hydrogens is 212 g/mol. The highest BCUT2D eigenvalue weighted by Crippen LogP contribution is 2.11. The molecule has 0 bridgehead atoms. The highest BCUT2D eigenvalue weighted by Gasteiger charge is 2.32. The average molecular weight is 226 g/mol. The van der Waals surface area contributed by atoms with Crippen molar-refractivity contribution in [3.63, 3.8) is 0 Å². The molecule has 0 aliphatic carbocycles. The first kappa shape index (κ1) is 12.4. The van der Waals surface area contributed by atoms with Crippen LogP contribution in [0.5, 0.6) is 0 Å². The van der Waals surface area contributed by atoms with Crippen molar-refractivity contribution in [1.29, 1.82) is 0 Å². The number of aliphatic imine (C=N–C) groups is 2. The molecule has 1 rings (SSSR count). The maximum absolute atomic E-state index is 11.3. The molecule has 0 aromatic heterocycles. The Balaban J connectivity index is 2.96. The molecule has 1 aliphatic rings. The fraction of sp³-hybridized carbons (Fsp3) is 0.600. The molecule has 2 unspecified atom stereocenters. The number of hydrogen-bond donors (Lipinski definition) is 0. The van der Waals surface area contributed by atoms with E-state index < -0.39 is 24.0 Å². The summed E-state index contributed by atoms with van der Waals surface area (Å²) in [7, 11) is 2.57. The lowest BCUT2D eigenvalue weighted by molar-refractivity contribution is -0.142. The number of carbonyl (C=O) groups excluding carboxylic acids is 2. The summed E-state index contributed by atoms with van der Waals surface area (Å²) in [4.78, 5) is 30.9. The molecule has 0 fully saturated rings. The molecule has 88 valence electrons. The van der Waals surface area contributed by atoms with Crippen molar-refractivity contribution in [2.24, 2.45) is 9.98 Å². The minimum absolute atomic E-state index is 0.452. The van der Waals surface area contributed by atoms with Crippen LogP contribution < -0.4 is 0 Å². The number of methoxy groups -OCH3 is 2. The van der Waals surface area contributed by atoms with Crippen LogP contribution in [0.3, 0.4) is 0 Å². The van der Waals surface area contributed by atoms with Crippen molar-refractivity contribution in [3.05, 3.63) is 0 Å². The largest absolute Gasteiger partial charge is 0.467 e. The molecule has 2 atom stereocenters. The van der Waals surface area contributed by atoms with E-state index in [0.717, 1.165) is 0 Å². The molecule has 0 saturated carbocycles. The van der Waals surface area contributed by atoms with E-state index in [2.05, 4.69) is 19.5 Å². The van der Waals surface area contributed by atoms with Crippen LogP contribution in [0, 0.1) is 0 Å². The summed E-state index contributed by atoms with van der Waals surface area (Å²) in [6.07, 6.45) is 0. The number of carbonyl (C=O) groups is 2. The molecule has 6 nitrogen and oxygen atoms in total. The quantitative estimate of drug-likeness (QED) is 0.621. The zero-order valence-electron chi connectivity index (χ0n) is 9.68. The van der Waals surface area contributed by atoms with Crippen LogP contribution >= 0.6 is 0 Å². The minimum atomic E-state index is -0.745. The van der Waals surface area contributed by atoms with E-state index in [1.54, 1.807) is 13.8 Å². The number of nitrogens with zero attached hydrogens (tertiary/aromatic N) is 2. The molecule has 16 heavy (non-hydrogen) atoms. The second-order valence-electron chi connectivity index (χ2n) is 3.39. The van der Waals surface area contributed by atoms with Gasteiger partial charge in [-0.05, 0) is 13.8 Å². The molecule has 1 aliphatic heterocycles. The van der Waals surface area contributed by atoms with Gasteiger partial charge >= 0.3 is 11.9 Å². The van der Waals surface area contributed by atoms with Crippen LogP contribution in [0.2, 0.25) is 0 Å². The summed E-state index contributed by atoms with van der Waals surface area (Å²) in [5.74, 6) is -0.965.